The number of carbonyl (C=O) groups is 4. The largest absolute Gasteiger partial charge is 0.472 e. The Morgan fingerprint density at radius 1 is 0.509 bits per heavy atom. The molecule has 0 aliphatic rings. The zero-order valence-electron chi connectivity index (χ0n) is 31.4. The summed E-state index contributed by atoms with van der Waals surface area (Å²) in [5, 5.41) is 10.2. The smallest absolute Gasteiger partial charge is 0.462 e. The Labute approximate surface area is 314 Å². The molecule has 0 aliphatic carbocycles. The number of aliphatic hydroxyl groups excluding tert-OH is 1. The van der Waals surface area contributed by atoms with Crippen LogP contribution in [0.5, 0.6) is 0 Å². The van der Waals surface area contributed by atoms with E-state index in [1.165, 1.54) is 0 Å². The van der Waals surface area contributed by atoms with E-state index >= 15 is 0 Å². The first-order valence-electron chi connectivity index (χ1n) is 18.4. The van der Waals surface area contributed by atoms with E-state index in [9.17, 15) is 43.2 Å². The molecule has 53 heavy (non-hydrogen) atoms. The van der Waals surface area contributed by atoms with E-state index in [1.54, 1.807) is 0 Å². The minimum absolute atomic E-state index is 0.00496. The number of ether oxygens (including phenoxy) is 4. The van der Waals surface area contributed by atoms with Crippen molar-refractivity contribution in [1.29, 1.82) is 0 Å². The van der Waals surface area contributed by atoms with E-state index in [2.05, 4.69) is 20.8 Å². The van der Waals surface area contributed by atoms with Crippen molar-refractivity contribution < 1.29 is 80.2 Å². The van der Waals surface area contributed by atoms with Gasteiger partial charge in [-0.25, -0.2) is 9.13 Å². The summed E-state index contributed by atoms with van der Waals surface area (Å²) in [4.78, 5) is 68.7. The Bertz CT molecular complexity index is 1110. The van der Waals surface area contributed by atoms with Gasteiger partial charge in [0.05, 0.1) is 26.4 Å². The number of unbranched alkanes of at least 4 members (excludes halogenated alkanes) is 9. The van der Waals surface area contributed by atoms with Gasteiger partial charge in [-0.2, -0.15) is 12.8 Å². The van der Waals surface area contributed by atoms with Crippen LogP contribution in [0.3, 0.4) is 0 Å². The Morgan fingerprint density at radius 2 is 0.849 bits per heavy atom. The fourth-order valence-corrected chi connectivity index (χ4v) is 5.76. The van der Waals surface area contributed by atoms with Crippen molar-refractivity contribution in [1.82, 2.24) is 0 Å². The molecule has 0 amide bonds. The first kappa shape index (κ1) is 51.1. The van der Waals surface area contributed by atoms with Crippen molar-refractivity contribution in [3.63, 3.8) is 0 Å². The van der Waals surface area contributed by atoms with Gasteiger partial charge in [0, 0.05) is 25.7 Å². The molecule has 17 nitrogen and oxygen atoms in total. The second kappa shape index (κ2) is 31.3. The van der Waals surface area contributed by atoms with Crippen LogP contribution >= 0.6 is 15.6 Å². The lowest BCUT2D eigenvalue weighted by Gasteiger charge is -2.21. The number of esters is 4. The third-order valence-electron chi connectivity index (χ3n) is 7.14. The predicted molar refractivity (Wildman–Crippen MR) is 192 cm³/mol. The Kier molecular flexibility index (Phi) is 30.1. The fourth-order valence-electron chi connectivity index (χ4n) is 4.18. The summed E-state index contributed by atoms with van der Waals surface area (Å²) in [5.41, 5.74) is 0. The molecule has 0 aliphatic heterocycles. The molecule has 19 heteroatoms. The van der Waals surface area contributed by atoms with Crippen LogP contribution in [0.2, 0.25) is 0 Å². The predicted octanol–water partition coefficient (Wildman–Crippen LogP) is 5.86. The first-order chi connectivity index (χ1) is 25.2. The molecule has 0 aromatic rings. The van der Waals surface area contributed by atoms with Gasteiger partial charge in [-0.05, 0) is 12.8 Å². The highest BCUT2D eigenvalue weighted by Crippen LogP contribution is 2.45. The van der Waals surface area contributed by atoms with Gasteiger partial charge in [0.2, 0.25) is 0 Å². The van der Waals surface area contributed by atoms with Crippen LogP contribution in [-0.4, -0.2) is 96.7 Å². The molecular weight excluding hydrogens is 742 g/mol. The van der Waals surface area contributed by atoms with Crippen LogP contribution in [0.15, 0.2) is 0 Å². The van der Waals surface area contributed by atoms with Gasteiger partial charge >= 0.3 is 39.5 Å². The number of hydrogen-bond donors (Lipinski definition) is 3. The highest BCUT2D eigenvalue weighted by molar-refractivity contribution is 7.47. The van der Waals surface area contributed by atoms with Gasteiger partial charge in [0.25, 0.3) is 0 Å². The molecule has 0 rings (SSSR count). The summed E-state index contributed by atoms with van der Waals surface area (Å²) in [6.45, 7) is 7.26. The van der Waals surface area contributed by atoms with Gasteiger partial charge < -0.3 is 47.7 Å². The summed E-state index contributed by atoms with van der Waals surface area (Å²) < 4.78 is 65.0. The van der Waals surface area contributed by atoms with E-state index in [-0.39, 0.29) is 25.7 Å². The van der Waals surface area contributed by atoms with Gasteiger partial charge in [-0.3, -0.25) is 37.3 Å². The zero-order valence-corrected chi connectivity index (χ0v) is 33.2. The normalized spacial score (nSPS) is 15.4. The molecule has 0 fully saturated rings. The van der Waals surface area contributed by atoms with Crippen molar-refractivity contribution in [2.45, 2.75) is 141 Å². The number of rotatable bonds is 35. The molecule has 0 spiro atoms. The molecule has 0 aromatic heterocycles. The highest BCUT2D eigenvalue weighted by Gasteiger charge is 2.30. The van der Waals surface area contributed by atoms with Crippen LogP contribution in [0.25, 0.3) is 0 Å². The second-order valence-electron chi connectivity index (χ2n) is 12.3. The molecular formula is C34H62O17P2-2. The lowest BCUT2D eigenvalue weighted by atomic mass is 10.1. The molecule has 0 aromatic carbocycles. The maximum atomic E-state index is 12.5. The minimum atomic E-state index is -4.89. The van der Waals surface area contributed by atoms with Crippen LogP contribution in [0.1, 0.15) is 123 Å². The van der Waals surface area contributed by atoms with E-state index in [4.69, 9.17) is 37.0 Å². The van der Waals surface area contributed by atoms with E-state index < -0.39 is 97.5 Å². The quantitative estimate of drug-likeness (QED) is 0.0223. The van der Waals surface area contributed by atoms with Gasteiger partial charge in [-0.15, -0.1) is 0 Å². The van der Waals surface area contributed by atoms with Crippen LogP contribution < -0.4 is 0 Å². The number of carbonyl (C=O) groups excluding carboxylic acids is 4. The molecule has 3 N–H and O–H groups in total. The zero-order chi connectivity index (χ0) is 40.0. The fraction of sp³-hybridized carbons (Fsp3) is 0.824. The topological polar surface area (TPSA) is 237 Å². The Hall–Kier alpha value is -1.94. The molecule has 0 heterocycles. The molecule has 0 saturated carbocycles. The standard InChI is InChI=1S/C34H62O17P2/c1-5-9-13-15-17-21-34(39)51-30(25-45-32(37)20-16-14-10-6-2)27-49-53(42,43)47-23-28(35)22-46-52(40,41)48-26-29(50-33(38)19-12-8-4)24-44-31(36)18-11-7-3/h28-30,35H,3-27H2,1-2H3,(H,40,41)(H,42,43)/q-2/t28-,29-,30-/m1/s1. The van der Waals surface area contributed by atoms with E-state index in [0.717, 1.165) is 44.9 Å². The van der Waals surface area contributed by atoms with Crippen molar-refractivity contribution >= 4 is 39.5 Å². The average molecular weight is 805 g/mol. The third kappa shape index (κ3) is 31.0. The monoisotopic (exact) mass is 804 g/mol. The van der Waals surface area contributed by atoms with Crippen LogP contribution in [0, 0.1) is 13.8 Å². The molecule has 312 valence electrons. The minimum Gasteiger partial charge on any atom is -0.462 e. The van der Waals surface area contributed by atoms with Crippen molar-refractivity contribution in [2.75, 3.05) is 39.6 Å². The average Bonchev–Trinajstić information content (AvgIpc) is 3.12. The molecule has 0 radical (unpaired) electrons. The van der Waals surface area contributed by atoms with Crippen LogP contribution in [0.4, 0.5) is 0 Å². The van der Waals surface area contributed by atoms with Crippen LogP contribution in [-0.2, 0) is 65.4 Å². The van der Waals surface area contributed by atoms with Crippen molar-refractivity contribution in [3.8, 4) is 0 Å². The van der Waals surface area contributed by atoms with Gasteiger partial charge in [0.1, 0.15) is 19.3 Å². The Morgan fingerprint density at radius 3 is 1.26 bits per heavy atom. The SMILES string of the molecule is [CH2-]CCCC(=O)OC[C@H](COP(=O)(O)OC[C@@H](O)COP(=O)(O)OC[C@@H](COC(=O)CCCCCC)OC(=O)CCCCCCC)OC(=O)CCC[CH2-]. The maximum absolute atomic E-state index is 12.5. The highest BCUT2D eigenvalue weighted by atomic mass is 31.2. The maximum Gasteiger partial charge on any atom is 0.472 e. The van der Waals surface area contributed by atoms with Gasteiger partial charge in [0.15, 0.2) is 12.2 Å². The van der Waals surface area contributed by atoms with Gasteiger partial charge in [-0.1, -0.05) is 71.6 Å². The summed E-state index contributed by atoms with van der Waals surface area (Å²) in [7, 11) is -9.79. The van der Waals surface area contributed by atoms with E-state index in [0.29, 0.717) is 38.5 Å². The van der Waals surface area contributed by atoms with Crippen molar-refractivity contribution in [2.24, 2.45) is 0 Å². The number of hydrogen-bond acceptors (Lipinski definition) is 15. The summed E-state index contributed by atoms with van der Waals surface area (Å²) in [6.07, 6.45) is 5.83. The molecule has 0 saturated heterocycles. The number of phosphoric ester groups is 2. The van der Waals surface area contributed by atoms with Crippen molar-refractivity contribution in [3.05, 3.63) is 13.8 Å². The summed E-state index contributed by atoms with van der Waals surface area (Å²) in [6, 6.07) is 0. The number of aliphatic hydroxyl groups is 1. The third-order valence-corrected chi connectivity index (χ3v) is 9.05. The summed E-state index contributed by atoms with van der Waals surface area (Å²) >= 11 is 0. The molecule has 5 atom stereocenters. The second-order valence-corrected chi connectivity index (χ2v) is 15.2. The molecule has 2 unspecified atom stereocenters. The molecule has 0 bridgehead atoms. The first-order valence-corrected chi connectivity index (χ1v) is 21.4. The lowest BCUT2D eigenvalue weighted by Crippen LogP contribution is -2.30. The lowest BCUT2D eigenvalue weighted by molar-refractivity contribution is -0.161. The summed E-state index contributed by atoms with van der Waals surface area (Å²) in [5.74, 6) is -2.39. The Balaban J connectivity index is 5.01. The van der Waals surface area contributed by atoms with E-state index in [1.807, 2.05) is 6.92 Å². The number of phosphoric acid groups is 2.